The van der Waals surface area contributed by atoms with E-state index in [9.17, 15) is 9.18 Å². The van der Waals surface area contributed by atoms with Gasteiger partial charge in [0.25, 0.3) is 5.91 Å². The summed E-state index contributed by atoms with van der Waals surface area (Å²) in [4.78, 5) is 15.7. The minimum atomic E-state index is -0.528. The molecule has 2 aromatic rings. The molecule has 92 valence electrons. The van der Waals surface area contributed by atoms with E-state index < -0.39 is 11.7 Å². The Morgan fingerprint density at radius 3 is 2.83 bits per heavy atom. The second-order valence-corrected chi connectivity index (χ2v) is 4.70. The zero-order valence-corrected chi connectivity index (χ0v) is 11.3. The van der Waals surface area contributed by atoms with Gasteiger partial charge in [0.1, 0.15) is 11.5 Å². The number of amides is 1. The fourth-order valence-electron chi connectivity index (χ4n) is 1.32. The smallest absolute Gasteiger partial charge is 0.274 e. The number of nitrogens with zero attached hydrogens (tertiary/aromatic N) is 1. The van der Waals surface area contributed by atoms with Crippen molar-refractivity contribution < 1.29 is 9.18 Å². The van der Waals surface area contributed by atoms with Gasteiger partial charge in [0.2, 0.25) is 0 Å². The van der Waals surface area contributed by atoms with Gasteiger partial charge in [0.05, 0.1) is 5.69 Å². The standard InChI is InChI=1S/C12H7BrClFN2O/c13-8-2-1-3-9(15)11(8)17-12(18)10-6-7(14)4-5-16-10/h1-6H,(H,17,18). The van der Waals surface area contributed by atoms with Crippen LogP contribution < -0.4 is 5.32 Å². The van der Waals surface area contributed by atoms with Crippen LogP contribution in [0, 0.1) is 5.82 Å². The monoisotopic (exact) mass is 328 g/mol. The molecular formula is C12H7BrClFN2O. The lowest BCUT2D eigenvalue weighted by Gasteiger charge is -2.07. The number of rotatable bonds is 2. The van der Waals surface area contributed by atoms with Crippen molar-refractivity contribution in [1.82, 2.24) is 4.98 Å². The molecule has 0 bridgehead atoms. The maximum atomic E-state index is 13.5. The van der Waals surface area contributed by atoms with Gasteiger partial charge in [0, 0.05) is 15.7 Å². The molecule has 0 aliphatic rings. The van der Waals surface area contributed by atoms with Crippen molar-refractivity contribution in [2.75, 3.05) is 5.32 Å². The molecule has 0 saturated carbocycles. The summed E-state index contributed by atoms with van der Waals surface area (Å²) < 4.78 is 14.0. The van der Waals surface area contributed by atoms with Gasteiger partial charge in [-0.25, -0.2) is 4.39 Å². The first-order valence-electron chi connectivity index (χ1n) is 4.95. The average Bonchev–Trinajstić information content (AvgIpc) is 2.34. The molecule has 0 atom stereocenters. The highest BCUT2D eigenvalue weighted by Gasteiger charge is 2.13. The Bertz CT molecular complexity index is 586. The third kappa shape index (κ3) is 2.86. The van der Waals surface area contributed by atoms with E-state index in [2.05, 4.69) is 26.2 Å². The molecular weight excluding hydrogens is 323 g/mol. The number of aromatic nitrogens is 1. The SMILES string of the molecule is O=C(Nc1c(F)cccc1Br)c1cc(Cl)ccn1. The molecule has 0 aliphatic carbocycles. The summed E-state index contributed by atoms with van der Waals surface area (Å²) in [6.45, 7) is 0. The summed E-state index contributed by atoms with van der Waals surface area (Å²) >= 11 is 8.91. The Kier molecular flexibility index (Phi) is 3.93. The first-order valence-corrected chi connectivity index (χ1v) is 6.12. The van der Waals surface area contributed by atoms with Gasteiger partial charge < -0.3 is 5.32 Å². The van der Waals surface area contributed by atoms with Gasteiger partial charge in [-0.2, -0.15) is 0 Å². The molecule has 1 heterocycles. The highest BCUT2D eigenvalue weighted by Crippen LogP contribution is 2.25. The minimum absolute atomic E-state index is 0.0734. The zero-order chi connectivity index (χ0) is 13.1. The van der Waals surface area contributed by atoms with Crippen molar-refractivity contribution in [3.63, 3.8) is 0 Å². The topological polar surface area (TPSA) is 42.0 Å². The summed E-state index contributed by atoms with van der Waals surface area (Å²) in [5.41, 5.74) is 0.196. The van der Waals surface area contributed by atoms with Crippen molar-refractivity contribution >= 4 is 39.1 Å². The van der Waals surface area contributed by atoms with Crippen LogP contribution in [0.5, 0.6) is 0 Å². The van der Waals surface area contributed by atoms with Crippen LogP contribution in [0.3, 0.4) is 0 Å². The van der Waals surface area contributed by atoms with Crippen LogP contribution in [-0.2, 0) is 0 Å². The minimum Gasteiger partial charge on any atom is -0.317 e. The van der Waals surface area contributed by atoms with E-state index in [0.717, 1.165) is 0 Å². The number of benzene rings is 1. The van der Waals surface area contributed by atoms with Gasteiger partial charge in [-0.05, 0) is 40.2 Å². The maximum Gasteiger partial charge on any atom is 0.274 e. The largest absolute Gasteiger partial charge is 0.317 e. The number of hydrogen-bond acceptors (Lipinski definition) is 2. The third-order valence-corrected chi connectivity index (χ3v) is 3.05. The summed E-state index contributed by atoms with van der Waals surface area (Å²) in [6, 6.07) is 7.38. The van der Waals surface area contributed by atoms with Crippen LogP contribution in [0.1, 0.15) is 10.5 Å². The summed E-state index contributed by atoms with van der Waals surface area (Å²) in [5.74, 6) is -1.05. The Labute approximate surface area is 116 Å². The predicted molar refractivity (Wildman–Crippen MR) is 71.3 cm³/mol. The first-order chi connectivity index (χ1) is 8.58. The van der Waals surface area contributed by atoms with Crippen LogP contribution in [0.25, 0.3) is 0 Å². The first kappa shape index (κ1) is 13.0. The lowest BCUT2D eigenvalue weighted by Crippen LogP contribution is -2.14. The molecule has 1 N–H and O–H groups in total. The molecule has 0 unspecified atom stereocenters. The Balaban J connectivity index is 2.27. The number of nitrogens with one attached hydrogen (secondary N) is 1. The molecule has 1 amide bonds. The molecule has 0 spiro atoms. The highest BCUT2D eigenvalue weighted by atomic mass is 79.9. The summed E-state index contributed by atoms with van der Waals surface area (Å²) in [7, 11) is 0. The number of pyridine rings is 1. The van der Waals surface area contributed by atoms with Crippen LogP contribution in [-0.4, -0.2) is 10.9 Å². The fraction of sp³-hybridized carbons (Fsp3) is 0. The third-order valence-electron chi connectivity index (χ3n) is 2.16. The van der Waals surface area contributed by atoms with Crippen molar-refractivity contribution in [2.45, 2.75) is 0 Å². The van der Waals surface area contributed by atoms with E-state index in [1.807, 2.05) is 0 Å². The van der Waals surface area contributed by atoms with E-state index in [0.29, 0.717) is 9.50 Å². The quantitative estimate of drug-likeness (QED) is 0.908. The predicted octanol–water partition coefficient (Wildman–Crippen LogP) is 3.89. The van der Waals surface area contributed by atoms with Gasteiger partial charge >= 0.3 is 0 Å². The van der Waals surface area contributed by atoms with Crippen molar-refractivity contribution in [2.24, 2.45) is 0 Å². The molecule has 0 aliphatic heterocycles. The molecule has 1 aromatic carbocycles. The van der Waals surface area contributed by atoms with Crippen LogP contribution in [0.4, 0.5) is 10.1 Å². The van der Waals surface area contributed by atoms with Crippen LogP contribution in [0.15, 0.2) is 41.0 Å². The van der Waals surface area contributed by atoms with Crippen molar-refractivity contribution in [3.05, 3.63) is 57.5 Å². The average molecular weight is 330 g/mol. The van der Waals surface area contributed by atoms with E-state index in [4.69, 9.17) is 11.6 Å². The zero-order valence-electron chi connectivity index (χ0n) is 8.95. The molecule has 2 rings (SSSR count). The molecule has 1 aromatic heterocycles. The van der Waals surface area contributed by atoms with Crippen LogP contribution in [0.2, 0.25) is 5.02 Å². The number of hydrogen-bond donors (Lipinski definition) is 1. The highest BCUT2D eigenvalue weighted by molar-refractivity contribution is 9.10. The van der Waals surface area contributed by atoms with Crippen molar-refractivity contribution in [1.29, 1.82) is 0 Å². The fourth-order valence-corrected chi connectivity index (χ4v) is 1.92. The molecule has 0 saturated heterocycles. The summed E-state index contributed by atoms with van der Waals surface area (Å²) in [5, 5.41) is 2.83. The Morgan fingerprint density at radius 2 is 2.17 bits per heavy atom. The van der Waals surface area contributed by atoms with Gasteiger partial charge in [0.15, 0.2) is 0 Å². The number of para-hydroxylation sites is 1. The second-order valence-electron chi connectivity index (χ2n) is 3.41. The van der Waals surface area contributed by atoms with Crippen LogP contribution >= 0.6 is 27.5 Å². The number of carbonyl (C=O) groups excluding carboxylic acids is 1. The lowest BCUT2D eigenvalue weighted by atomic mass is 10.3. The lowest BCUT2D eigenvalue weighted by molar-refractivity contribution is 0.102. The Hall–Kier alpha value is -1.46. The Morgan fingerprint density at radius 1 is 1.39 bits per heavy atom. The van der Waals surface area contributed by atoms with Gasteiger partial charge in [-0.1, -0.05) is 17.7 Å². The maximum absolute atomic E-state index is 13.5. The van der Waals surface area contributed by atoms with Crippen molar-refractivity contribution in [3.8, 4) is 0 Å². The van der Waals surface area contributed by atoms with Gasteiger partial charge in [-0.15, -0.1) is 0 Å². The molecule has 18 heavy (non-hydrogen) atoms. The molecule has 6 heteroatoms. The normalized spacial score (nSPS) is 10.2. The number of halogens is 3. The number of anilines is 1. The molecule has 0 radical (unpaired) electrons. The van der Waals surface area contributed by atoms with E-state index >= 15 is 0 Å². The number of carbonyl (C=O) groups is 1. The van der Waals surface area contributed by atoms with E-state index in [-0.39, 0.29) is 11.4 Å². The summed E-state index contributed by atoms with van der Waals surface area (Å²) in [6.07, 6.45) is 1.41. The second kappa shape index (κ2) is 5.46. The molecule has 3 nitrogen and oxygen atoms in total. The van der Waals surface area contributed by atoms with Gasteiger partial charge in [-0.3, -0.25) is 9.78 Å². The van der Waals surface area contributed by atoms with E-state index in [1.54, 1.807) is 12.1 Å². The molecule has 0 fully saturated rings. The van der Waals surface area contributed by atoms with E-state index in [1.165, 1.54) is 24.4 Å².